The molecule has 0 aliphatic rings. The van der Waals surface area contributed by atoms with Gasteiger partial charge in [-0.15, -0.1) is 0 Å². The summed E-state index contributed by atoms with van der Waals surface area (Å²) in [5.41, 5.74) is 2.76. The zero-order valence-electron chi connectivity index (χ0n) is 12.5. The highest BCUT2D eigenvalue weighted by atomic mass is 16.5. The molecule has 1 heterocycles. The summed E-state index contributed by atoms with van der Waals surface area (Å²) in [4.78, 5) is 15.5. The number of ketones is 1. The molecule has 23 heavy (non-hydrogen) atoms. The molecule has 0 saturated carbocycles. The van der Waals surface area contributed by atoms with Crippen LogP contribution in [0.2, 0.25) is 0 Å². The maximum Gasteiger partial charge on any atom is 0.210 e. The molecule has 0 fully saturated rings. The molecular formula is C19H14N2O2. The molecule has 1 aromatic heterocycles. The van der Waals surface area contributed by atoms with Crippen molar-refractivity contribution in [2.24, 2.45) is 0 Å². The van der Waals surface area contributed by atoms with Crippen LogP contribution in [0, 0.1) is 11.3 Å². The summed E-state index contributed by atoms with van der Waals surface area (Å²) in [5.74, 6) is 0.547. The molecule has 4 heteroatoms. The van der Waals surface area contributed by atoms with Crippen LogP contribution in [0.4, 0.5) is 0 Å². The van der Waals surface area contributed by atoms with Crippen LogP contribution in [0.25, 0.3) is 11.1 Å². The number of aromatic nitrogens is 1. The first-order chi connectivity index (χ1) is 11.2. The Morgan fingerprint density at radius 2 is 1.78 bits per heavy atom. The number of nitrogens with one attached hydrogen (secondary N) is 1. The Morgan fingerprint density at radius 1 is 1.09 bits per heavy atom. The number of hydrogen-bond donors (Lipinski definition) is 1. The number of nitrogens with zero attached hydrogens (tertiary/aromatic N) is 1. The molecule has 3 aromatic rings. The summed E-state index contributed by atoms with van der Waals surface area (Å²) in [7, 11) is 1.60. The van der Waals surface area contributed by atoms with Crippen LogP contribution >= 0.6 is 0 Å². The third kappa shape index (κ3) is 2.72. The summed E-state index contributed by atoms with van der Waals surface area (Å²) in [6.45, 7) is 0. The Balaban J connectivity index is 2.03. The van der Waals surface area contributed by atoms with Crippen LogP contribution < -0.4 is 4.74 Å². The number of H-pyrrole nitrogens is 1. The van der Waals surface area contributed by atoms with Crippen molar-refractivity contribution in [2.45, 2.75) is 0 Å². The number of methoxy groups -OCH3 is 1. The number of aromatic amines is 1. The van der Waals surface area contributed by atoms with Crippen LogP contribution in [0.1, 0.15) is 21.6 Å². The van der Waals surface area contributed by atoms with E-state index in [4.69, 9.17) is 4.74 Å². The van der Waals surface area contributed by atoms with Gasteiger partial charge in [-0.1, -0.05) is 42.5 Å². The fourth-order valence-corrected chi connectivity index (χ4v) is 2.45. The molecule has 4 nitrogen and oxygen atoms in total. The van der Waals surface area contributed by atoms with Crippen molar-refractivity contribution in [3.8, 4) is 22.9 Å². The van der Waals surface area contributed by atoms with Gasteiger partial charge in [-0.2, -0.15) is 5.26 Å². The maximum absolute atomic E-state index is 12.6. The topological polar surface area (TPSA) is 65.9 Å². The molecule has 3 rings (SSSR count). The summed E-state index contributed by atoms with van der Waals surface area (Å²) in [5, 5.41) is 9.50. The minimum Gasteiger partial charge on any atom is -0.497 e. The van der Waals surface area contributed by atoms with Gasteiger partial charge in [0.1, 0.15) is 17.5 Å². The molecule has 2 aromatic carbocycles. The molecule has 0 aliphatic heterocycles. The van der Waals surface area contributed by atoms with Crippen molar-refractivity contribution >= 4 is 5.78 Å². The van der Waals surface area contributed by atoms with Crippen LogP contribution in [0.5, 0.6) is 5.75 Å². The Labute approximate surface area is 134 Å². The van der Waals surface area contributed by atoms with E-state index in [2.05, 4.69) is 11.1 Å². The quantitative estimate of drug-likeness (QED) is 0.746. The third-order valence-corrected chi connectivity index (χ3v) is 3.66. The average Bonchev–Trinajstić information content (AvgIpc) is 3.05. The van der Waals surface area contributed by atoms with Crippen LogP contribution in [-0.4, -0.2) is 17.9 Å². The van der Waals surface area contributed by atoms with E-state index in [1.54, 1.807) is 37.6 Å². The molecule has 0 aliphatic carbocycles. The lowest BCUT2D eigenvalue weighted by Gasteiger charge is -2.03. The van der Waals surface area contributed by atoms with Gasteiger partial charge in [-0.25, -0.2) is 0 Å². The summed E-state index contributed by atoms with van der Waals surface area (Å²) >= 11 is 0. The van der Waals surface area contributed by atoms with Gasteiger partial charge >= 0.3 is 0 Å². The number of hydrogen-bond acceptors (Lipinski definition) is 3. The normalized spacial score (nSPS) is 10.1. The van der Waals surface area contributed by atoms with Gasteiger partial charge < -0.3 is 9.72 Å². The molecule has 0 radical (unpaired) electrons. The van der Waals surface area contributed by atoms with Crippen molar-refractivity contribution < 1.29 is 9.53 Å². The molecule has 0 atom stereocenters. The minimum absolute atomic E-state index is 0.193. The van der Waals surface area contributed by atoms with Gasteiger partial charge in [0, 0.05) is 17.3 Å². The maximum atomic E-state index is 12.6. The number of carbonyl (C=O) groups excluding carboxylic acids is 1. The first-order valence-corrected chi connectivity index (χ1v) is 7.10. The monoisotopic (exact) mass is 302 g/mol. The predicted octanol–water partition coefficient (Wildman–Crippen LogP) is 3.79. The second kappa shape index (κ2) is 6.20. The summed E-state index contributed by atoms with van der Waals surface area (Å²) in [6, 6.07) is 18.4. The van der Waals surface area contributed by atoms with Crippen molar-refractivity contribution in [1.82, 2.24) is 4.98 Å². The molecule has 0 spiro atoms. The number of carbonyl (C=O) groups is 1. The molecule has 0 unspecified atom stereocenters. The van der Waals surface area contributed by atoms with E-state index in [-0.39, 0.29) is 5.78 Å². The fourth-order valence-electron chi connectivity index (χ4n) is 2.45. The standard InChI is InChI=1S/C19H14N2O2/c1-23-15-9-7-13(8-10-15)17-12-21-18(16(17)11-20)19(22)14-5-3-2-4-6-14/h2-10,12,21H,1H3. The number of ether oxygens (including phenoxy) is 1. The van der Waals surface area contributed by atoms with E-state index in [0.717, 1.165) is 11.3 Å². The SMILES string of the molecule is COc1ccc(-c2c[nH]c(C(=O)c3ccccc3)c2C#N)cc1. The Morgan fingerprint density at radius 3 is 2.39 bits per heavy atom. The van der Waals surface area contributed by atoms with Crippen LogP contribution in [-0.2, 0) is 0 Å². The molecule has 0 saturated heterocycles. The largest absolute Gasteiger partial charge is 0.497 e. The van der Waals surface area contributed by atoms with Crippen LogP contribution in [0.15, 0.2) is 60.8 Å². The first kappa shape index (κ1) is 14.6. The number of rotatable bonds is 4. The van der Waals surface area contributed by atoms with Crippen molar-refractivity contribution in [3.05, 3.63) is 77.6 Å². The van der Waals surface area contributed by atoms with Gasteiger partial charge in [-0.3, -0.25) is 4.79 Å². The smallest absolute Gasteiger partial charge is 0.210 e. The number of nitriles is 1. The zero-order valence-corrected chi connectivity index (χ0v) is 12.5. The summed E-state index contributed by atoms with van der Waals surface area (Å²) < 4.78 is 5.14. The van der Waals surface area contributed by atoms with E-state index < -0.39 is 0 Å². The highest BCUT2D eigenvalue weighted by molar-refractivity contribution is 6.10. The second-order valence-corrected chi connectivity index (χ2v) is 4.99. The van der Waals surface area contributed by atoms with E-state index in [9.17, 15) is 10.1 Å². The molecule has 0 amide bonds. The van der Waals surface area contributed by atoms with Gasteiger partial charge in [0.15, 0.2) is 0 Å². The van der Waals surface area contributed by atoms with Crippen molar-refractivity contribution in [2.75, 3.05) is 7.11 Å². The first-order valence-electron chi connectivity index (χ1n) is 7.10. The van der Waals surface area contributed by atoms with Crippen molar-refractivity contribution in [3.63, 3.8) is 0 Å². The third-order valence-electron chi connectivity index (χ3n) is 3.66. The minimum atomic E-state index is -0.193. The van der Waals surface area contributed by atoms with Gasteiger partial charge in [0.2, 0.25) is 5.78 Å². The fraction of sp³-hybridized carbons (Fsp3) is 0.0526. The van der Waals surface area contributed by atoms with E-state index in [1.165, 1.54) is 0 Å². The second-order valence-electron chi connectivity index (χ2n) is 4.99. The molecule has 0 bridgehead atoms. The van der Waals surface area contributed by atoms with Crippen molar-refractivity contribution in [1.29, 1.82) is 5.26 Å². The molecular weight excluding hydrogens is 288 g/mol. The lowest BCUT2D eigenvalue weighted by atomic mass is 10.00. The van der Waals surface area contributed by atoms with Crippen LogP contribution in [0.3, 0.4) is 0 Å². The van der Waals surface area contributed by atoms with E-state index in [0.29, 0.717) is 22.4 Å². The molecule has 1 N–H and O–H groups in total. The predicted molar refractivity (Wildman–Crippen MR) is 87.4 cm³/mol. The Bertz CT molecular complexity index is 872. The average molecular weight is 302 g/mol. The molecule has 112 valence electrons. The van der Waals surface area contributed by atoms with Gasteiger partial charge in [0.05, 0.1) is 12.7 Å². The Kier molecular flexibility index (Phi) is 3.94. The zero-order chi connectivity index (χ0) is 16.2. The highest BCUT2D eigenvalue weighted by Crippen LogP contribution is 2.28. The summed E-state index contributed by atoms with van der Waals surface area (Å²) in [6.07, 6.45) is 1.69. The Hall–Kier alpha value is -3.32. The lowest BCUT2D eigenvalue weighted by Crippen LogP contribution is -2.03. The van der Waals surface area contributed by atoms with E-state index >= 15 is 0 Å². The van der Waals surface area contributed by atoms with Gasteiger partial charge in [-0.05, 0) is 17.7 Å². The van der Waals surface area contributed by atoms with Gasteiger partial charge in [0.25, 0.3) is 0 Å². The highest BCUT2D eigenvalue weighted by Gasteiger charge is 2.19. The number of benzene rings is 2. The van der Waals surface area contributed by atoms with E-state index in [1.807, 2.05) is 30.3 Å². The lowest BCUT2D eigenvalue weighted by molar-refractivity contribution is 0.103.